The van der Waals surface area contributed by atoms with Gasteiger partial charge in [-0.1, -0.05) is 36.4 Å². The fraction of sp³-hybridized carbons (Fsp3) is 0.353. The second-order valence-corrected chi connectivity index (χ2v) is 5.18. The minimum absolute atomic E-state index is 0.00341. The van der Waals surface area contributed by atoms with Gasteiger partial charge in [0.05, 0.1) is 6.04 Å². The van der Waals surface area contributed by atoms with Crippen LogP contribution in [0, 0.1) is 0 Å². The smallest absolute Gasteiger partial charge is 0.326 e. The highest BCUT2D eigenvalue weighted by molar-refractivity contribution is 5.87. The van der Waals surface area contributed by atoms with Crippen LogP contribution in [0.4, 0.5) is 0 Å². The first kappa shape index (κ1) is 18.4. The van der Waals surface area contributed by atoms with Gasteiger partial charge in [-0.2, -0.15) is 0 Å². The Morgan fingerprint density at radius 1 is 1.13 bits per heavy atom. The summed E-state index contributed by atoms with van der Waals surface area (Å²) in [5, 5.41) is 14.1. The van der Waals surface area contributed by atoms with E-state index in [1.165, 1.54) is 6.08 Å². The van der Waals surface area contributed by atoms with Crippen LogP contribution in [-0.2, 0) is 14.4 Å². The number of hydrogen-bond donors (Lipinski definition) is 3. The quantitative estimate of drug-likeness (QED) is 0.605. The van der Waals surface area contributed by atoms with Crippen LogP contribution < -0.4 is 10.6 Å². The predicted octanol–water partition coefficient (Wildman–Crippen LogP) is 1.79. The van der Waals surface area contributed by atoms with Crippen molar-refractivity contribution in [1.29, 1.82) is 0 Å². The average molecular weight is 318 g/mol. The summed E-state index contributed by atoms with van der Waals surface area (Å²) in [5.41, 5.74) is 0.974. The van der Waals surface area contributed by atoms with Crippen molar-refractivity contribution < 1.29 is 19.5 Å². The van der Waals surface area contributed by atoms with Crippen molar-refractivity contribution in [3.05, 3.63) is 48.6 Å². The molecule has 2 atom stereocenters. The second kappa shape index (κ2) is 9.40. The zero-order chi connectivity index (χ0) is 17.2. The first-order valence-corrected chi connectivity index (χ1v) is 7.41. The van der Waals surface area contributed by atoms with Crippen molar-refractivity contribution in [2.75, 3.05) is 0 Å². The van der Waals surface area contributed by atoms with Gasteiger partial charge in [0.15, 0.2) is 0 Å². The van der Waals surface area contributed by atoms with Crippen LogP contribution in [-0.4, -0.2) is 28.9 Å². The van der Waals surface area contributed by atoms with Crippen molar-refractivity contribution in [1.82, 2.24) is 10.6 Å². The highest BCUT2D eigenvalue weighted by Gasteiger charge is 2.19. The van der Waals surface area contributed by atoms with Crippen LogP contribution in [0.2, 0.25) is 0 Å². The zero-order valence-electron chi connectivity index (χ0n) is 13.1. The maximum absolute atomic E-state index is 11.9. The van der Waals surface area contributed by atoms with Crippen LogP contribution in [0.1, 0.15) is 37.8 Å². The summed E-state index contributed by atoms with van der Waals surface area (Å²) in [6.07, 6.45) is 1.50. The summed E-state index contributed by atoms with van der Waals surface area (Å²) in [4.78, 5) is 34.5. The van der Waals surface area contributed by atoms with Gasteiger partial charge in [-0.05, 0) is 18.9 Å². The Morgan fingerprint density at radius 3 is 2.22 bits per heavy atom. The van der Waals surface area contributed by atoms with Gasteiger partial charge in [0, 0.05) is 12.8 Å². The number of aliphatic carboxylic acids is 1. The van der Waals surface area contributed by atoms with Crippen LogP contribution in [0.5, 0.6) is 0 Å². The monoisotopic (exact) mass is 318 g/mol. The molecule has 6 nitrogen and oxygen atoms in total. The predicted molar refractivity (Wildman–Crippen MR) is 86.6 cm³/mol. The molecule has 0 saturated carbocycles. The number of amides is 2. The Bertz CT molecular complexity index is 557. The molecule has 0 aliphatic heterocycles. The molecule has 1 aromatic carbocycles. The summed E-state index contributed by atoms with van der Waals surface area (Å²) >= 11 is 0. The number of carboxylic acid groups (broad SMARTS) is 1. The first-order valence-electron chi connectivity index (χ1n) is 7.41. The average Bonchev–Trinajstić information content (AvgIpc) is 2.53. The fourth-order valence-electron chi connectivity index (χ4n) is 2.02. The van der Waals surface area contributed by atoms with Gasteiger partial charge in [0.25, 0.3) is 0 Å². The molecule has 0 aliphatic carbocycles. The van der Waals surface area contributed by atoms with E-state index in [0.29, 0.717) is 0 Å². The van der Waals surface area contributed by atoms with Gasteiger partial charge >= 0.3 is 5.97 Å². The molecule has 0 fully saturated rings. The molecule has 1 aromatic rings. The topological polar surface area (TPSA) is 95.5 Å². The highest BCUT2D eigenvalue weighted by atomic mass is 16.4. The van der Waals surface area contributed by atoms with Crippen molar-refractivity contribution in [3.63, 3.8) is 0 Å². The van der Waals surface area contributed by atoms with Crippen molar-refractivity contribution >= 4 is 17.8 Å². The van der Waals surface area contributed by atoms with Gasteiger partial charge in [0.2, 0.25) is 11.8 Å². The maximum atomic E-state index is 11.9. The molecule has 0 heterocycles. The summed E-state index contributed by atoms with van der Waals surface area (Å²) in [6, 6.07) is 8.32. The van der Waals surface area contributed by atoms with E-state index in [1.54, 1.807) is 0 Å². The van der Waals surface area contributed by atoms with E-state index < -0.39 is 17.9 Å². The van der Waals surface area contributed by atoms with E-state index in [9.17, 15) is 14.4 Å². The van der Waals surface area contributed by atoms with Gasteiger partial charge in [-0.15, -0.1) is 6.58 Å². The molecule has 2 amide bonds. The molecule has 0 aromatic heterocycles. The molecule has 0 unspecified atom stereocenters. The summed E-state index contributed by atoms with van der Waals surface area (Å²) in [7, 11) is 0. The standard InChI is InChI=1S/C17H22N2O4/c1-3-7-14(17(22)23)19-16(21)11-10-15(20)18-12(2)13-8-5-4-6-9-13/h3-6,8-9,12,14H,1,7,10-11H2,2H3,(H,18,20)(H,19,21)(H,22,23)/t12-,14+/m1/s1. The van der Waals surface area contributed by atoms with Gasteiger partial charge in [-0.3, -0.25) is 9.59 Å². The minimum Gasteiger partial charge on any atom is -0.480 e. The normalized spacial score (nSPS) is 12.7. The van der Waals surface area contributed by atoms with E-state index in [1.807, 2.05) is 37.3 Å². The Morgan fingerprint density at radius 2 is 1.70 bits per heavy atom. The Labute approximate surface area is 135 Å². The Hall–Kier alpha value is -2.63. The largest absolute Gasteiger partial charge is 0.480 e. The maximum Gasteiger partial charge on any atom is 0.326 e. The number of carbonyl (C=O) groups is 3. The van der Waals surface area contributed by atoms with E-state index in [2.05, 4.69) is 17.2 Å². The van der Waals surface area contributed by atoms with Crippen LogP contribution >= 0.6 is 0 Å². The molecule has 6 heteroatoms. The lowest BCUT2D eigenvalue weighted by Gasteiger charge is -2.15. The summed E-state index contributed by atoms with van der Waals surface area (Å²) in [5.74, 6) is -1.85. The Kier molecular flexibility index (Phi) is 7.53. The summed E-state index contributed by atoms with van der Waals surface area (Å²) in [6.45, 7) is 5.31. The van der Waals surface area contributed by atoms with Crippen molar-refractivity contribution in [3.8, 4) is 0 Å². The molecular weight excluding hydrogens is 296 g/mol. The number of nitrogens with one attached hydrogen (secondary N) is 2. The lowest BCUT2D eigenvalue weighted by molar-refractivity contribution is -0.141. The molecule has 0 radical (unpaired) electrons. The third-order valence-electron chi connectivity index (χ3n) is 3.29. The third kappa shape index (κ3) is 6.78. The fourth-order valence-corrected chi connectivity index (χ4v) is 2.02. The molecule has 124 valence electrons. The molecule has 1 rings (SSSR count). The second-order valence-electron chi connectivity index (χ2n) is 5.18. The molecular formula is C17H22N2O4. The SMILES string of the molecule is C=CC[C@H](NC(=O)CCC(=O)N[C@H](C)c1ccccc1)C(=O)O. The van der Waals surface area contributed by atoms with Crippen LogP contribution in [0.3, 0.4) is 0 Å². The van der Waals surface area contributed by atoms with E-state index in [-0.39, 0.29) is 31.2 Å². The Balaban J connectivity index is 2.39. The van der Waals surface area contributed by atoms with Crippen LogP contribution in [0.15, 0.2) is 43.0 Å². The first-order chi connectivity index (χ1) is 10.9. The molecule has 0 aliphatic rings. The van der Waals surface area contributed by atoms with Gasteiger partial charge in [0.1, 0.15) is 6.04 Å². The van der Waals surface area contributed by atoms with E-state index in [4.69, 9.17) is 5.11 Å². The third-order valence-corrected chi connectivity index (χ3v) is 3.29. The number of benzene rings is 1. The van der Waals surface area contributed by atoms with Gasteiger partial charge in [-0.25, -0.2) is 4.79 Å². The molecule has 0 saturated heterocycles. The highest BCUT2D eigenvalue weighted by Crippen LogP contribution is 2.11. The van der Waals surface area contributed by atoms with Crippen molar-refractivity contribution in [2.24, 2.45) is 0 Å². The van der Waals surface area contributed by atoms with E-state index >= 15 is 0 Å². The number of carbonyl (C=O) groups excluding carboxylic acids is 2. The molecule has 0 bridgehead atoms. The molecule has 0 spiro atoms. The lowest BCUT2D eigenvalue weighted by Crippen LogP contribution is -2.40. The molecule has 23 heavy (non-hydrogen) atoms. The van der Waals surface area contributed by atoms with Crippen LogP contribution in [0.25, 0.3) is 0 Å². The van der Waals surface area contributed by atoms with Crippen molar-refractivity contribution in [2.45, 2.75) is 38.3 Å². The molecule has 3 N–H and O–H groups in total. The number of hydrogen-bond acceptors (Lipinski definition) is 3. The summed E-state index contributed by atoms with van der Waals surface area (Å²) < 4.78 is 0. The lowest BCUT2D eigenvalue weighted by atomic mass is 10.1. The number of carboxylic acids is 1. The zero-order valence-corrected chi connectivity index (χ0v) is 13.1. The number of rotatable bonds is 9. The van der Waals surface area contributed by atoms with E-state index in [0.717, 1.165) is 5.56 Å². The minimum atomic E-state index is -1.12. The van der Waals surface area contributed by atoms with Gasteiger partial charge < -0.3 is 15.7 Å².